The van der Waals surface area contributed by atoms with Crippen molar-refractivity contribution in [2.45, 2.75) is 19.4 Å². The van der Waals surface area contributed by atoms with E-state index in [1.54, 1.807) is 11.9 Å². The summed E-state index contributed by atoms with van der Waals surface area (Å²) >= 11 is 3.46. The highest BCUT2D eigenvalue weighted by Gasteiger charge is 2.14. The van der Waals surface area contributed by atoms with E-state index in [0.29, 0.717) is 6.54 Å². The second kappa shape index (κ2) is 6.01. The van der Waals surface area contributed by atoms with Gasteiger partial charge in [0.15, 0.2) is 0 Å². The predicted octanol–water partition coefficient (Wildman–Crippen LogP) is 1.83. The number of rotatable bonds is 4. The first-order chi connectivity index (χ1) is 7.52. The molecule has 0 radical (unpaired) electrons. The molecule has 0 heterocycles. The first kappa shape index (κ1) is 13.2. The van der Waals surface area contributed by atoms with Gasteiger partial charge in [0.1, 0.15) is 6.10 Å². The van der Waals surface area contributed by atoms with E-state index < -0.39 is 6.10 Å². The van der Waals surface area contributed by atoms with Crippen LogP contribution in [0.4, 0.5) is 0 Å². The van der Waals surface area contributed by atoms with Crippen LogP contribution in [0.1, 0.15) is 12.5 Å². The Kier molecular flexibility index (Phi) is 4.96. The number of aliphatic hydroxyl groups is 1. The van der Waals surface area contributed by atoms with Crippen LogP contribution in [-0.4, -0.2) is 35.6 Å². The van der Waals surface area contributed by atoms with Gasteiger partial charge in [-0.3, -0.25) is 4.79 Å². The minimum atomic E-state index is -0.927. The number of nitrogens with zero attached hydrogens (tertiary/aromatic N) is 1. The van der Waals surface area contributed by atoms with Crippen LogP contribution in [0.2, 0.25) is 0 Å². The molecule has 0 aliphatic heterocycles. The maximum atomic E-state index is 11.4. The molecular formula is C12H16BrNO2. The molecule has 1 N–H and O–H groups in total. The van der Waals surface area contributed by atoms with Crippen molar-refractivity contribution in [2.75, 3.05) is 13.6 Å². The average Bonchev–Trinajstić information content (AvgIpc) is 2.26. The van der Waals surface area contributed by atoms with E-state index in [1.165, 1.54) is 6.92 Å². The molecule has 0 fully saturated rings. The summed E-state index contributed by atoms with van der Waals surface area (Å²) in [5.41, 5.74) is 1.16. The molecule has 0 spiro atoms. The number of carbonyl (C=O) groups is 1. The fraction of sp³-hybridized carbons (Fsp3) is 0.417. The summed E-state index contributed by atoms with van der Waals surface area (Å²) in [7, 11) is 1.70. The Hall–Kier alpha value is -0.870. The third kappa shape index (κ3) is 3.61. The van der Waals surface area contributed by atoms with Gasteiger partial charge in [0.05, 0.1) is 0 Å². The van der Waals surface area contributed by atoms with Crippen LogP contribution in [-0.2, 0) is 11.2 Å². The highest BCUT2D eigenvalue weighted by Crippen LogP contribution is 2.16. The third-order valence-corrected chi connectivity index (χ3v) is 3.18. The van der Waals surface area contributed by atoms with Crippen LogP contribution in [0.15, 0.2) is 28.7 Å². The normalized spacial score (nSPS) is 12.2. The number of halogens is 1. The maximum absolute atomic E-state index is 11.4. The SMILES string of the molecule is CC(O)C(=O)N(C)CCc1ccccc1Br. The Bertz CT molecular complexity index is 366. The highest BCUT2D eigenvalue weighted by molar-refractivity contribution is 9.10. The maximum Gasteiger partial charge on any atom is 0.250 e. The summed E-state index contributed by atoms with van der Waals surface area (Å²) in [6.45, 7) is 2.09. The molecule has 16 heavy (non-hydrogen) atoms. The van der Waals surface area contributed by atoms with Crippen LogP contribution < -0.4 is 0 Å². The number of amides is 1. The molecule has 0 saturated carbocycles. The van der Waals surface area contributed by atoms with E-state index in [4.69, 9.17) is 5.11 Å². The number of aliphatic hydroxyl groups excluding tert-OH is 1. The minimum Gasteiger partial charge on any atom is -0.384 e. The van der Waals surface area contributed by atoms with Crippen molar-refractivity contribution in [3.05, 3.63) is 34.3 Å². The zero-order chi connectivity index (χ0) is 12.1. The second-order valence-corrected chi connectivity index (χ2v) is 4.63. The summed E-state index contributed by atoms with van der Waals surface area (Å²) in [4.78, 5) is 13.0. The molecular weight excluding hydrogens is 270 g/mol. The van der Waals surface area contributed by atoms with Crippen LogP contribution in [0.5, 0.6) is 0 Å². The molecule has 0 bridgehead atoms. The number of carbonyl (C=O) groups excluding carboxylic acids is 1. The van der Waals surface area contributed by atoms with E-state index in [9.17, 15) is 4.79 Å². The molecule has 0 aliphatic carbocycles. The zero-order valence-corrected chi connectivity index (χ0v) is 11.1. The Balaban J connectivity index is 2.52. The van der Waals surface area contributed by atoms with Gasteiger partial charge in [-0.1, -0.05) is 34.1 Å². The lowest BCUT2D eigenvalue weighted by Crippen LogP contribution is -2.35. The Morgan fingerprint density at radius 3 is 2.69 bits per heavy atom. The van der Waals surface area contributed by atoms with Gasteiger partial charge in [0.25, 0.3) is 5.91 Å². The van der Waals surface area contributed by atoms with Crippen molar-refractivity contribution in [1.82, 2.24) is 4.90 Å². The molecule has 0 aliphatic rings. The van der Waals surface area contributed by atoms with Gasteiger partial charge in [0.2, 0.25) is 0 Å². The van der Waals surface area contributed by atoms with Gasteiger partial charge in [-0.15, -0.1) is 0 Å². The van der Waals surface area contributed by atoms with Crippen molar-refractivity contribution in [3.63, 3.8) is 0 Å². The molecule has 4 heteroatoms. The standard InChI is InChI=1S/C12H16BrNO2/c1-9(15)12(16)14(2)8-7-10-5-3-4-6-11(10)13/h3-6,9,15H,7-8H2,1-2H3. The number of hydrogen-bond donors (Lipinski definition) is 1. The van der Waals surface area contributed by atoms with Crippen LogP contribution in [0.25, 0.3) is 0 Å². The quantitative estimate of drug-likeness (QED) is 0.917. The van der Waals surface area contributed by atoms with E-state index in [2.05, 4.69) is 15.9 Å². The van der Waals surface area contributed by atoms with E-state index in [-0.39, 0.29) is 5.91 Å². The summed E-state index contributed by atoms with van der Waals surface area (Å²) < 4.78 is 1.05. The monoisotopic (exact) mass is 285 g/mol. The first-order valence-electron chi connectivity index (χ1n) is 5.19. The lowest BCUT2D eigenvalue weighted by molar-refractivity contribution is -0.137. The molecule has 88 valence electrons. The van der Waals surface area contributed by atoms with Crippen LogP contribution in [0.3, 0.4) is 0 Å². The van der Waals surface area contributed by atoms with Crippen LogP contribution in [0, 0.1) is 0 Å². The molecule has 1 aromatic rings. The van der Waals surface area contributed by atoms with Gasteiger partial charge in [0, 0.05) is 18.1 Å². The molecule has 1 atom stereocenters. The van der Waals surface area contributed by atoms with Gasteiger partial charge >= 0.3 is 0 Å². The predicted molar refractivity (Wildman–Crippen MR) is 67.2 cm³/mol. The lowest BCUT2D eigenvalue weighted by atomic mass is 10.1. The van der Waals surface area contributed by atoms with Crippen molar-refractivity contribution in [3.8, 4) is 0 Å². The fourth-order valence-corrected chi connectivity index (χ4v) is 1.90. The largest absolute Gasteiger partial charge is 0.384 e. The smallest absolute Gasteiger partial charge is 0.250 e. The first-order valence-corrected chi connectivity index (χ1v) is 5.98. The van der Waals surface area contributed by atoms with Crippen molar-refractivity contribution >= 4 is 21.8 Å². The molecule has 1 unspecified atom stereocenters. The summed E-state index contributed by atoms with van der Waals surface area (Å²) in [6.07, 6.45) is -0.152. The van der Waals surface area contributed by atoms with Gasteiger partial charge in [-0.2, -0.15) is 0 Å². The highest BCUT2D eigenvalue weighted by atomic mass is 79.9. The van der Waals surface area contributed by atoms with Crippen molar-refractivity contribution in [2.24, 2.45) is 0 Å². The van der Waals surface area contributed by atoms with Gasteiger partial charge in [-0.25, -0.2) is 0 Å². The number of likely N-dealkylation sites (N-methyl/N-ethyl adjacent to an activating group) is 1. The molecule has 1 aromatic carbocycles. The number of benzene rings is 1. The fourth-order valence-electron chi connectivity index (χ4n) is 1.42. The van der Waals surface area contributed by atoms with Crippen LogP contribution >= 0.6 is 15.9 Å². The molecule has 0 aromatic heterocycles. The topological polar surface area (TPSA) is 40.5 Å². The summed E-state index contributed by atoms with van der Waals surface area (Å²) in [6, 6.07) is 7.92. The van der Waals surface area contributed by atoms with E-state index in [1.807, 2.05) is 24.3 Å². The zero-order valence-electron chi connectivity index (χ0n) is 9.48. The lowest BCUT2D eigenvalue weighted by Gasteiger charge is -2.18. The van der Waals surface area contributed by atoms with E-state index in [0.717, 1.165) is 16.5 Å². The molecule has 0 saturated heterocycles. The molecule has 1 rings (SSSR count). The van der Waals surface area contributed by atoms with Crippen molar-refractivity contribution < 1.29 is 9.90 Å². The summed E-state index contributed by atoms with van der Waals surface area (Å²) in [5.74, 6) is -0.243. The number of hydrogen-bond acceptors (Lipinski definition) is 2. The van der Waals surface area contributed by atoms with Gasteiger partial charge < -0.3 is 10.0 Å². The molecule has 3 nitrogen and oxygen atoms in total. The summed E-state index contributed by atoms with van der Waals surface area (Å²) in [5, 5.41) is 9.14. The molecule has 1 amide bonds. The Morgan fingerprint density at radius 2 is 2.12 bits per heavy atom. The Morgan fingerprint density at radius 1 is 1.50 bits per heavy atom. The third-order valence-electron chi connectivity index (χ3n) is 2.41. The van der Waals surface area contributed by atoms with Crippen molar-refractivity contribution in [1.29, 1.82) is 0 Å². The minimum absolute atomic E-state index is 0.243. The Labute approximate surface area is 104 Å². The van der Waals surface area contributed by atoms with E-state index >= 15 is 0 Å². The average molecular weight is 286 g/mol. The second-order valence-electron chi connectivity index (χ2n) is 3.78. The van der Waals surface area contributed by atoms with Gasteiger partial charge in [-0.05, 0) is 25.0 Å².